The summed E-state index contributed by atoms with van der Waals surface area (Å²) >= 11 is 0. The largest absolute Gasteiger partial charge is 0.479 e. The number of nitro groups is 1. The van der Waals surface area contributed by atoms with Crippen molar-refractivity contribution in [3.63, 3.8) is 0 Å². The number of esters is 1. The second-order valence-corrected chi connectivity index (χ2v) is 5.50. The summed E-state index contributed by atoms with van der Waals surface area (Å²) in [6.45, 7) is 1.37. The topological polar surface area (TPSA) is 118 Å². The van der Waals surface area contributed by atoms with Gasteiger partial charge in [-0.1, -0.05) is 23.4 Å². The fourth-order valence-electron chi connectivity index (χ4n) is 2.16. The van der Waals surface area contributed by atoms with E-state index < -0.39 is 17.0 Å². The van der Waals surface area contributed by atoms with Crippen molar-refractivity contribution in [2.75, 3.05) is 0 Å². The first-order valence-electron chi connectivity index (χ1n) is 7.98. The van der Waals surface area contributed by atoms with Gasteiger partial charge >= 0.3 is 5.97 Å². The number of benzene rings is 2. The molecule has 9 nitrogen and oxygen atoms in total. The van der Waals surface area contributed by atoms with Gasteiger partial charge in [-0.25, -0.2) is 4.79 Å². The Bertz CT molecular complexity index is 924. The van der Waals surface area contributed by atoms with Crippen LogP contribution in [0.3, 0.4) is 0 Å². The van der Waals surface area contributed by atoms with Gasteiger partial charge in [0.1, 0.15) is 5.75 Å². The highest BCUT2D eigenvalue weighted by Gasteiger charge is 2.18. The molecule has 2 aromatic carbocycles. The summed E-state index contributed by atoms with van der Waals surface area (Å²) in [6, 6.07) is 14.6. The Hall–Kier alpha value is -3.75. The molecule has 0 bridgehead atoms. The zero-order valence-corrected chi connectivity index (χ0v) is 14.3. The number of rotatable bonds is 7. The number of hydrogen-bond acceptors (Lipinski definition) is 8. The van der Waals surface area contributed by atoms with E-state index in [4.69, 9.17) is 14.0 Å². The molecule has 0 saturated carbocycles. The van der Waals surface area contributed by atoms with E-state index in [2.05, 4.69) is 10.1 Å². The van der Waals surface area contributed by atoms with Gasteiger partial charge in [0.05, 0.1) is 4.92 Å². The van der Waals surface area contributed by atoms with Crippen LogP contribution in [0, 0.1) is 10.1 Å². The molecule has 1 unspecified atom stereocenters. The minimum absolute atomic E-state index is 0.0381. The van der Waals surface area contributed by atoms with Gasteiger partial charge in [0.2, 0.25) is 5.82 Å². The molecule has 0 fully saturated rings. The van der Waals surface area contributed by atoms with Crippen LogP contribution in [0.5, 0.6) is 5.75 Å². The van der Waals surface area contributed by atoms with Gasteiger partial charge in [0.15, 0.2) is 12.7 Å². The summed E-state index contributed by atoms with van der Waals surface area (Å²) in [5, 5.41) is 14.4. The van der Waals surface area contributed by atoms with Crippen LogP contribution in [0.25, 0.3) is 11.4 Å². The Kier molecular flexibility index (Phi) is 5.41. The van der Waals surface area contributed by atoms with Crippen LogP contribution >= 0.6 is 0 Å². The van der Waals surface area contributed by atoms with E-state index >= 15 is 0 Å². The van der Waals surface area contributed by atoms with Gasteiger partial charge in [-0.05, 0) is 31.2 Å². The highest BCUT2D eigenvalue weighted by Crippen LogP contribution is 2.20. The third-order valence-electron chi connectivity index (χ3n) is 3.53. The average Bonchev–Trinajstić information content (AvgIpc) is 3.16. The van der Waals surface area contributed by atoms with E-state index in [0.29, 0.717) is 11.3 Å². The first kappa shape index (κ1) is 18.1. The lowest BCUT2D eigenvalue weighted by molar-refractivity contribution is -0.384. The molecule has 0 aliphatic rings. The maximum Gasteiger partial charge on any atom is 0.347 e. The van der Waals surface area contributed by atoms with Crippen LogP contribution in [0.1, 0.15) is 12.8 Å². The van der Waals surface area contributed by atoms with Gasteiger partial charge in [-0.2, -0.15) is 4.98 Å². The fraction of sp³-hybridized carbons (Fsp3) is 0.167. The van der Waals surface area contributed by atoms with Crippen molar-refractivity contribution in [2.24, 2.45) is 0 Å². The standard InChI is InChI=1S/C18H15N3O6/c1-12(26-15-5-3-2-4-6-15)18(22)25-11-16-19-17(20-27-16)13-7-9-14(10-8-13)21(23)24/h2-10,12H,11H2,1H3. The quantitative estimate of drug-likeness (QED) is 0.354. The molecule has 0 amide bonds. The number of ether oxygens (including phenoxy) is 2. The molecule has 9 heteroatoms. The lowest BCUT2D eigenvalue weighted by atomic mass is 10.2. The molecular weight excluding hydrogens is 354 g/mol. The molecule has 0 spiro atoms. The van der Waals surface area contributed by atoms with E-state index in [1.165, 1.54) is 24.3 Å². The van der Waals surface area contributed by atoms with Crippen molar-refractivity contribution in [1.29, 1.82) is 0 Å². The van der Waals surface area contributed by atoms with Crippen LogP contribution in [0.2, 0.25) is 0 Å². The Morgan fingerprint density at radius 2 is 1.89 bits per heavy atom. The van der Waals surface area contributed by atoms with Crippen LogP contribution < -0.4 is 4.74 Å². The Morgan fingerprint density at radius 3 is 2.56 bits per heavy atom. The van der Waals surface area contributed by atoms with Crippen molar-refractivity contribution in [2.45, 2.75) is 19.6 Å². The minimum atomic E-state index is -0.801. The fourth-order valence-corrected chi connectivity index (χ4v) is 2.16. The zero-order chi connectivity index (χ0) is 19.2. The van der Waals surface area contributed by atoms with Crippen molar-refractivity contribution < 1.29 is 23.7 Å². The lowest BCUT2D eigenvalue weighted by Crippen LogP contribution is -2.26. The summed E-state index contributed by atoms with van der Waals surface area (Å²) in [4.78, 5) is 26.3. The molecule has 3 rings (SSSR count). The number of non-ortho nitro benzene ring substituents is 1. The predicted octanol–water partition coefficient (Wildman–Crippen LogP) is 3.16. The molecule has 0 aliphatic carbocycles. The Morgan fingerprint density at radius 1 is 1.19 bits per heavy atom. The van der Waals surface area contributed by atoms with Gasteiger partial charge in [0.25, 0.3) is 11.6 Å². The number of carbonyl (C=O) groups is 1. The number of para-hydroxylation sites is 1. The highest BCUT2D eigenvalue weighted by atomic mass is 16.6. The van der Waals surface area contributed by atoms with E-state index in [9.17, 15) is 14.9 Å². The maximum atomic E-state index is 12.0. The molecule has 0 saturated heterocycles. The number of nitrogens with zero attached hydrogens (tertiary/aromatic N) is 3. The Labute approximate surface area is 153 Å². The van der Waals surface area contributed by atoms with E-state index in [0.717, 1.165) is 0 Å². The lowest BCUT2D eigenvalue weighted by Gasteiger charge is -2.12. The second-order valence-electron chi connectivity index (χ2n) is 5.50. The molecular formula is C18H15N3O6. The summed E-state index contributed by atoms with van der Waals surface area (Å²) in [6.07, 6.45) is -0.801. The van der Waals surface area contributed by atoms with Crippen LogP contribution in [-0.4, -0.2) is 27.1 Å². The van der Waals surface area contributed by atoms with Gasteiger partial charge in [-0.3, -0.25) is 10.1 Å². The van der Waals surface area contributed by atoms with Crippen LogP contribution in [0.15, 0.2) is 59.1 Å². The average molecular weight is 369 g/mol. The molecule has 3 aromatic rings. The van der Waals surface area contributed by atoms with E-state index in [-0.39, 0.29) is 24.0 Å². The second kappa shape index (κ2) is 8.09. The number of nitro benzene ring substituents is 1. The molecule has 0 aliphatic heterocycles. The maximum absolute atomic E-state index is 12.0. The SMILES string of the molecule is CC(Oc1ccccc1)C(=O)OCc1nc(-c2ccc([N+](=O)[O-])cc2)no1. The first-order valence-corrected chi connectivity index (χ1v) is 7.98. The van der Waals surface area contributed by atoms with Gasteiger partial charge in [0, 0.05) is 17.7 Å². The smallest absolute Gasteiger partial charge is 0.347 e. The third kappa shape index (κ3) is 4.66. The number of aromatic nitrogens is 2. The first-order chi connectivity index (χ1) is 13.0. The van der Waals surface area contributed by atoms with Crippen molar-refractivity contribution in [3.8, 4) is 17.1 Å². The molecule has 138 valence electrons. The molecule has 0 N–H and O–H groups in total. The Balaban J connectivity index is 1.56. The monoisotopic (exact) mass is 369 g/mol. The number of carbonyl (C=O) groups excluding carboxylic acids is 1. The highest BCUT2D eigenvalue weighted by molar-refractivity contribution is 5.74. The van der Waals surface area contributed by atoms with E-state index in [1.54, 1.807) is 31.2 Å². The summed E-state index contributed by atoms with van der Waals surface area (Å²) in [7, 11) is 0. The third-order valence-corrected chi connectivity index (χ3v) is 3.53. The summed E-state index contributed by atoms with van der Waals surface area (Å²) < 4.78 is 15.6. The molecule has 1 atom stereocenters. The zero-order valence-electron chi connectivity index (χ0n) is 14.3. The van der Waals surface area contributed by atoms with Crippen molar-refractivity contribution in [3.05, 3.63) is 70.6 Å². The minimum Gasteiger partial charge on any atom is -0.479 e. The summed E-state index contributed by atoms with van der Waals surface area (Å²) in [5.41, 5.74) is 0.506. The van der Waals surface area contributed by atoms with Crippen LogP contribution in [-0.2, 0) is 16.1 Å². The van der Waals surface area contributed by atoms with Gasteiger partial charge < -0.3 is 14.0 Å². The number of hydrogen-bond donors (Lipinski definition) is 0. The summed E-state index contributed by atoms with van der Waals surface area (Å²) in [5.74, 6) is 0.322. The normalized spacial score (nSPS) is 11.6. The van der Waals surface area contributed by atoms with Crippen molar-refractivity contribution in [1.82, 2.24) is 10.1 Å². The van der Waals surface area contributed by atoms with E-state index in [1.807, 2.05) is 6.07 Å². The molecule has 1 heterocycles. The van der Waals surface area contributed by atoms with Crippen LogP contribution in [0.4, 0.5) is 5.69 Å². The predicted molar refractivity (Wildman–Crippen MR) is 92.7 cm³/mol. The molecule has 0 radical (unpaired) electrons. The molecule has 1 aromatic heterocycles. The molecule has 27 heavy (non-hydrogen) atoms. The van der Waals surface area contributed by atoms with Crippen molar-refractivity contribution >= 4 is 11.7 Å². The van der Waals surface area contributed by atoms with Gasteiger partial charge in [-0.15, -0.1) is 0 Å².